The molecule has 0 unspecified atom stereocenters. The van der Waals surface area contributed by atoms with E-state index in [1.807, 2.05) is 0 Å². The lowest BCUT2D eigenvalue weighted by Crippen LogP contribution is -2.41. The van der Waals surface area contributed by atoms with Crippen molar-refractivity contribution in [2.45, 2.75) is 5.88 Å². The minimum absolute atomic E-state index is 0.0544. The van der Waals surface area contributed by atoms with Gasteiger partial charge in [0.25, 0.3) is 5.91 Å². The summed E-state index contributed by atoms with van der Waals surface area (Å²) >= 11 is 5.56. The van der Waals surface area contributed by atoms with Crippen LogP contribution in [0.2, 0.25) is 0 Å². The molecule has 3 nitrogen and oxygen atoms in total. The second-order valence-electron chi connectivity index (χ2n) is 3.51. The molecule has 0 bridgehead atoms. The lowest BCUT2D eigenvalue weighted by molar-refractivity contribution is -0.125. The molecule has 16 heavy (non-hydrogen) atoms. The van der Waals surface area contributed by atoms with Crippen LogP contribution >= 0.6 is 11.6 Å². The van der Waals surface area contributed by atoms with Crippen LogP contribution in [-0.4, -0.2) is 25.7 Å². The first kappa shape index (κ1) is 11.4. The van der Waals surface area contributed by atoms with E-state index in [0.717, 1.165) is 0 Å². The number of rotatable bonds is 2. The third-order valence-corrected chi connectivity index (χ3v) is 2.77. The Bertz CT molecular complexity index is 411. The topological polar surface area (TPSA) is 29.5 Å². The number of carbonyl (C=O) groups is 1. The van der Waals surface area contributed by atoms with Crippen LogP contribution in [0.1, 0.15) is 5.56 Å². The third kappa shape index (κ3) is 2.18. The molecular weight excluding hydrogens is 233 g/mol. The second kappa shape index (κ2) is 4.80. The van der Waals surface area contributed by atoms with Gasteiger partial charge in [-0.05, 0) is 12.1 Å². The lowest BCUT2D eigenvalue weighted by Gasteiger charge is -2.27. The summed E-state index contributed by atoms with van der Waals surface area (Å²) < 4.78 is 18.5. The van der Waals surface area contributed by atoms with E-state index in [-0.39, 0.29) is 24.2 Å². The highest BCUT2D eigenvalue weighted by molar-refractivity contribution is 6.17. The van der Waals surface area contributed by atoms with Crippen molar-refractivity contribution >= 4 is 23.2 Å². The average Bonchev–Trinajstić information content (AvgIpc) is 2.29. The molecule has 5 heteroatoms. The van der Waals surface area contributed by atoms with Gasteiger partial charge in [0.05, 0.1) is 12.5 Å². The monoisotopic (exact) mass is 243 g/mol. The number of halogens is 2. The van der Waals surface area contributed by atoms with Crippen molar-refractivity contribution in [3.05, 3.63) is 29.6 Å². The van der Waals surface area contributed by atoms with Crippen LogP contribution < -0.4 is 4.90 Å². The SMILES string of the molecule is O=C1COCCN1c1ccc(CCl)c(F)c1. The number of carbonyl (C=O) groups excluding carboxylic acids is 1. The molecule has 2 rings (SSSR count). The Morgan fingerprint density at radius 3 is 2.94 bits per heavy atom. The fourth-order valence-corrected chi connectivity index (χ4v) is 1.82. The van der Waals surface area contributed by atoms with Gasteiger partial charge >= 0.3 is 0 Å². The predicted octanol–water partition coefficient (Wildman–Crippen LogP) is 1.93. The Balaban J connectivity index is 2.26. The Labute approximate surface area is 97.8 Å². The van der Waals surface area contributed by atoms with Crippen LogP contribution in [0, 0.1) is 5.82 Å². The first-order valence-electron chi connectivity index (χ1n) is 4.95. The molecule has 1 aliphatic rings. The number of benzene rings is 1. The van der Waals surface area contributed by atoms with Crippen LogP contribution in [0.15, 0.2) is 18.2 Å². The van der Waals surface area contributed by atoms with Crippen molar-refractivity contribution in [2.24, 2.45) is 0 Å². The van der Waals surface area contributed by atoms with E-state index in [4.69, 9.17) is 16.3 Å². The minimum Gasteiger partial charge on any atom is -0.370 e. The van der Waals surface area contributed by atoms with Gasteiger partial charge in [-0.3, -0.25) is 4.79 Å². The minimum atomic E-state index is -0.383. The van der Waals surface area contributed by atoms with E-state index < -0.39 is 0 Å². The summed E-state index contributed by atoms with van der Waals surface area (Å²) in [6.45, 7) is 0.988. The van der Waals surface area contributed by atoms with Gasteiger partial charge in [0.1, 0.15) is 12.4 Å². The first-order chi connectivity index (χ1) is 7.72. The van der Waals surface area contributed by atoms with Gasteiger partial charge in [0.2, 0.25) is 0 Å². The van der Waals surface area contributed by atoms with Gasteiger partial charge < -0.3 is 9.64 Å². The van der Waals surface area contributed by atoms with Gasteiger partial charge in [-0.1, -0.05) is 6.07 Å². The molecular formula is C11H11ClFNO2. The molecule has 1 saturated heterocycles. The van der Waals surface area contributed by atoms with Gasteiger partial charge in [-0.15, -0.1) is 11.6 Å². The molecule has 1 amide bonds. The van der Waals surface area contributed by atoms with Crippen molar-refractivity contribution in [1.82, 2.24) is 0 Å². The molecule has 1 aliphatic heterocycles. The molecule has 0 saturated carbocycles. The summed E-state index contributed by atoms with van der Waals surface area (Å²) in [5, 5.41) is 0. The van der Waals surface area contributed by atoms with Gasteiger partial charge in [0.15, 0.2) is 0 Å². The molecule has 0 spiro atoms. The molecule has 86 valence electrons. The summed E-state index contributed by atoms with van der Waals surface area (Å²) in [5.74, 6) is -0.403. The Morgan fingerprint density at radius 1 is 1.50 bits per heavy atom. The number of hydrogen-bond acceptors (Lipinski definition) is 2. The normalized spacial score (nSPS) is 16.6. The van der Waals surface area contributed by atoms with Crippen LogP contribution in [0.5, 0.6) is 0 Å². The summed E-state index contributed by atoms with van der Waals surface area (Å²) in [7, 11) is 0. The molecule has 0 radical (unpaired) electrons. The summed E-state index contributed by atoms with van der Waals surface area (Å²) in [6, 6.07) is 4.63. The number of nitrogens with zero attached hydrogens (tertiary/aromatic N) is 1. The highest BCUT2D eigenvalue weighted by atomic mass is 35.5. The summed E-state index contributed by atoms with van der Waals surface area (Å²) in [6.07, 6.45) is 0. The fraction of sp³-hybridized carbons (Fsp3) is 0.364. The lowest BCUT2D eigenvalue weighted by atomic mass is 10.2. The van der Waals surface area contributed by atoms with Crippen molar-refractivity contribution in [2.75, 3.05) is 24.7 Å². The van der Waals surface area contributed by atoms with Crippen LogP contribution in [-0.2, 0) is 15.4 Å². The summed E-state index contributed by atoms with van der Waals surface area (Å²) in [4.78, 5) is 13.0. The Kier molecular flexibility index (Phi) is 3.41. The van der Waals surface area contributed by atoms with Crippen LogP contribution in [0.3, 0.4) is 0 Å². The Morgan fingerprint density at radius 2 is 2.31 bits per heavy atom. The van der Waals surface area contributed by atoms with E-state index in [2.05, 4.69) is 0 Å². The first-order valence-corrected chi connectivity index (χ1v) is 5.48. The van der Waals surface area contributed by atoms with Crippen LogP contribution in [0.4, 0.5) is 10.1 Å². The predicted molar refractivity (Wildman–Crippen MR) is 59.1 cm³/mol. The molecule has 0 aromatic heterocycles. The van der Waals surface area contributed by atoms with E-state index in [9.17, 15) is 9.18 Å². The molecule has 1 heterocycles. The second-order valence-corrected chi connectivity index (χ2v) is 3.77. The van der Waals surface area contributed by atoms with Crippen molar-refractivity contribution < 1.29 is 13.9 Å². The van der Waals surface area contributed by atoms with E-state index >= 15 is 0 Å². The summed E-state index contributed by atoms with van der Waals surface area (Å²) in [5.41, 5.74) is 0.991. The van der Waals surface area contributed by atoms with E-state index in [1.165, 1.54) is 11.0 Å². The number of morpholine rings is 1. The van der Waals surface area contributed by atoms with Crippen LogP contribution in [0.25, 0.3) is 0 Å². The van der Waals surface area contributed by atoms with Gasteiger partial charge in [0, 0.05) is 17.8 Å². The van der Waals surface area contributed by atoms with Gasteiger partial charge in [-0.2, -0.15) is 0 Å². The van der Waals surface area contributed by atoms with E-state index in [0.29, 0.717) is 24.4 Å². The average molecular weight is 244 g/mol. The fourth-order valence-electron chi connectivity index (χ4n) is 1.60. The zero-order chi connectivity index (χ0) is 11.5. The van der Waals surface area contributed by atoms with Crippen molar-refractivity contribution in [1.29, 1.82) is 0 Å². The number of anilines is 1. The maximum absolute atomic E-state index is 13.5. The Hall–Kier alpha value is -1.13. The van der Waals surface area contributed by atoms with Gasteiger partial charge in [-0.25, -0.2) is 4.39 Å². The molecule has 1 aromatic rings. The maximum Gasteiger partial charge on any atom is 0.253 e. The zero-order valence-electron chi connectivity index (χ0n) is 8.58. The van der Waals surface area contributed by atoms with Crippen molar-refractivity contribution in [3.63, 3.8) is 0 Å². The van der Waals surface area contributed by atoms with Crippen molar-refractivity contribution in [3.8, 4) is 0 Å². The molecule has 1 aromatic carbocycles. The molecule has 0 N–H and O–H groups in total. The molecule has 1 fully saturated rings. The highest BCUT2D eigenvalue weighted by Gasteiger charge is 2.20. The maximum atomic E-state index is 13.5. The smallest absolute Gasteiger partial charge is 0.253 e. The number of hydrogen-bond donors (Lipinski definition) is 0. The molecule has 0 aliphatic carbocycles. The standard InChI is InChI=1S/C11H11ClFNO2/c12-6-8-1-2-9(5-10(8)13)14-3-4-16-7-11(14)15/h1-2,5H,3-4,6-7H2. The number of alkyl halides is 1. The zero-order valence-corrected chi connectivity index (χ0v) is 9.34. The largest absolute Gasteiger partial charge is 0.370 e. The number of amides is 1. The quantitative estimate of drug-likeness (QED) is 0.743. The highest BCUT2D eigenvalue weighted by Crippen LogP contribution is 2.21. The third-order valence-electron chi connectivity index (χ3n) is 2.48. The van der Waals surface area contributed by atoms with E-state index in [1.54, 1.807) is 12.1 Å². The molecule has 0 atom stereocenters. The number of ether oxygens (including phenoxy) is 1.